The molecule has 1 aromatic rings. The standard InChI is InChI=1S/C17H26N2O3/c1-17(2,3)22-15-8-6-5-7-13(15)18-16(21)19(4)11-14(20)12-9-10-12/h5-8,12,14,20H,9-11H2,1-4H3,(H,18,21). The number of nitrogens with one attached hydrogen (secondary N) is 1. The number of hydrogen-bond acceptors (Lipinski definition) is 3. The fourth-order valence-corrected chi connectivity index (χ4v) is 2.19. The first kappa shape index (κ1) is 16.6. The van der Waals surface area contributed by atoms with E-state index in [2.05, 4.69) is 5.32 Å². The van der Waals surface area contributed by atoms with Crippen LogP contribution in [0.25, 0.3) is 0 Å². The molecule has 122 valence electrons. The highest BCUT2D eigenvalue weighted by Crippen LogP contribution is 2.33. The second kappa shape index (κ2) is 6.57. The highest BCUT2D eigenvalue weighted by molar-refractivity contribution is 5.90. The molecule has 1 aromatic carbocycles. The molecule has 22 heavy (non-hydrogen) atoms. The summed E-state index contributed by atoms with van der Waals surface area (Å²) in [6.07, 6.45) is 1.68. The summed E-state index contributed by atoms with van der Waals surface area (Å²) in [6.45, 7) is 6.23. The SMILES string of the molecule is CN(CC(O)C1CC1)C(=O)Nc1ccccc1OC(C)(C)C. The van der Waals surface area contributed by atoms with E-state index in [1.165, 1.54) is 4.90 Å². The molecular weight excluding hydrogens is 280 g/mol. The molecule has 1 unspecified atom stereocenters. The van der Waals surface area contributed by atoms with Gasteiger partial charge < -0.3 is 20.1 Å². The number of benzene rings is 1. The topological polar surface area (TPSA) is 61.8 Å². The number of aliphatic hydroxyl groups excluding tert-OH is 1. The molecule has 5 heteroatoms. The van der Waals surface area contributed by atoms with E-state index in [4.69, 9.17) is 4.74 Å². The number of aliphatic hydroxyl groups is 1. The van der Waals surface area contributed by atoms with E-state index in [-0.39, 0.29) is 11.6 Å². The van der Waals surface area contributed by atoms with Gasteiger partial charge in [-0.05, 0) is 51.7 Å². The van der Waals surface area contributed by atoms with Crippen molar-refractivity contribution in [2.45, 2.75) is 45.3 Å². The Labute approximate surface area is 132 Å². The van der Waals surface area contributed by atoms with E-state index in [0.717, 1.165) is 12.8 Å². The Hall–Kier alpha value is -1.75. The lowest BCUT2D eigenvalue weighted by Gasteiger charge is -2.25. The zero-order chi connectivity index (χ0) is 16.3. The zero-order valence-electron chi connectivity index (χ0n) is 13.8. The van der Waals surface area contributed by atoms with Crippen LogP contribution in [0.3, 0.4) is 0 Å². The van der Waals surface area contributed by atoms with Gasteiger partial charge in [0.25, 0.3) is 0 Å². The Kier molecular flexibility index (Phi) is 4.96. The van der Waals surface area contributed by atoms with E-state index in [1.54, 1.807) is 7.05 Å². The van der Waals surface area contributed by atoms with Crippen molar-refractivity contribution in [3.63, 3.8) is 0 Å². The van der Waals surface area contributed by atoms with Gasteiger partial charge in [0.1, 0.15) is 11.4 Å². The lowest BCUT2D eigenvalue weighted by molar-refractivity contribution is 0.116. The van der Waals surface area contributed by atoms with Crippen LogP contribution in [0.5, 0.6) is 5.75 Å². The van der Waals surface area contributed by atoms with Gasteiger partial charge in [-0.15, -0.1) is 0 Å². The monoisotopic (exact) mass is 306 g/mol. The average Bonchev–Trinajstić information content (AvgIpc) is 3.23. The van der Waals surface area contributed by atoms with Crippen molar-refractivity contribution in [1.29, 1.82) is 0 Å². The van der Waals surface area contributed by atoms with E-state index in [0.29, 0.717) is 23.9 Å². The molecule has 1 aliphatic carbocycles. The first-order valence-electron chi connectivity index (χ1n) is 7.74. The predicted octanol–water partition coefficient (Wildman–Crippen LogP) is 3.10. The molecular formula is C17H26N2O3. The molecule has 0 aliphatic heterocycles. The second-order valence-corrected chi connectivity index (χ2v) is 6.93. The van der Waals surface area contributed by atoms with Gasteiger partial charge >= 0.3 is 6.03 Å². The maximum absolute atomic E-state index is 12.3. The molecule has 5 nitrogen and oxygen atoms in total. The second-order valence-electron chi connectivity index (χ2n) is 6.93. The summed E-state index contributed by atoms with van der Waals surface area (Å²) in [7, 11) is 1.69. The summed E-state index contributed by atoms with van der Waals surface area (Å²) in [5.41, 5.74) is 0.296. The van der Waals surface area contributed by atoms with Crippen LogP contribution in [0.15, 0.2) is 24.3 Å². The Bertz CT molecular complexity index is 521. The molecule has 1 atom stereocenters. The van der Waals surface area contributed by atoms with Crippen molar-refractivity contribution in [3.05, 3.63) is 24.3 Å². The number of likely N-dealkylation sites (N-methyl/N-ethyl adjacent to an activating group) is 1. The minimum atomic E-state index is -0.434. The highest BCUT2D eigenvalue weighted by atomic mass is 16.5. The van der Waals surface area contributed by atoms with Crippen LogP contribution in [-0.4, -0.2) is 41.3 Å². The first-order valence-corrected chi connectivity index (χ1v) is 7.74. The molecule has 1 fully saturated rings. The highest BCUT2D eigenvalue weighted by Gasteiger charge is 2.31. The number of carbonyl (C=O) groups is 1. The number of rotatable bonds is 5. The van der Waals surface area contributed by atoms with Crippen LogP contribution in [0.2, 0.25) is 0 Å². The summed E-state index contributed by atoms with van der Waals surface area (Å²) < 4.78 is 5.86. The summed E-state index contributed by atoms with van der Waals surface area (Å²) in [4.78, 5) is 13.8. The number of ether oxygens (including phenoxy) is 1. The molecule has 0 bridgehead atoms. The first-order chi connectivity index (χ1) is 10.3. The minimum absolute atomic E-state index is 0.246. The molecule has 0 spiro atoms. The van der Waals surface area contributed by atoms with Crippen molar-refractivity contribution in [2.24, 2.45) is 5.92 Å². The number of amides is 2. The Morgan fingerprint density at radius 3 is 2.64 bits per heavy atom. The quantitative estimate of drug-likeness (QED) is 0.878. The molecule has 0 radical (unpaired) electrons. The molecule has 1 aliphatic rings. The molecule has 0 aromatic heterocycles. The number of carbonyl (C=O) groups excluding carboxylic acids is 1. The van der Waals surface area contributed by atoms with Crippen molar-refractivity contribution >= 4 is 11.7 Å². The largest absolute Gasteiger partial charge is 0.486 e. The van der Waals surface area contributed by atoms with E-state index in [1.807, 2.05) is 45.0 Å². The number of para-hydroxylation sites is 2. The van der Waals surface area contributed by atoms with Crippen LogP contribution >= 0.6 is 0 Å². The summed E-state index contributed by atoms with van der Waals surface area (Å²) >= 11 is 0. The van der Waals surface area contributed by atoms with E-state index >= 15 is 0 Å². The normalized spacial score (nSPS) is 16.0. The van der Waals surface area contributed by atoms with Crippen LogP contribution in [-0.2, 0) is 0 Å². The molecule has 0 heterocycles. The fraction of sp³-hybridized carbons (Fsp3) is 0.588. The van der Waals surface area contributed by atoms with Crippen LogP contribution < -0.4 is 10.1 Å². The summed E-state index contributed by atoms with van der Waals surface area (Å²) in [5, 5.41) is 12.8. The van der Waals surface area contributed by atoms with Gasteiger partial charge in [0, 0.05) is 13.6 Å². The Balaban J connectivity index is 1.98. The lowest BCUT2D eigenvalue weighted by Crippen LogP contribution is -2.38. The van der Waals surface area contributed by atoms with E-state index < -0.39 is 6.10 Å². The molecule has 1 saturated carbocycles. The molecule has 2 N–H and O–H groups in total. The zero-order valence-corrected chi connectivity index (χ0v) is 13.8. The molecule has 2 rings (SSSR count). The molecule has 0 saturated heterocycles. The lowest BCUT2D eigenvalue weighted by atomic mass is 10.2. The van der Waals surface area contributed by atoms with Crippen LogP contribution in [0, 0.1) is 5.92 Å². The summed E-state index contributed by atoms with van der Waals surface area (Å²) in [6, 6.07) is 7.12. The van der Waals surface area contributed by atoms with Gasteiger partial charge in [-0.3, -0.25) is 0 Å². The van der Waals surface area contributed by atoms with Gasteiger partial charge in [0.05, 0.1) is 11.8 Å². The Morgan fingerprint density at radius 1 is 1.41 bits per heavy atom. The van der Waals surface area contributed by atoms with Gasteiger partial charge in [-0.1, -0.05) is 12.1 Å². The predicted molar refractivity (Wildman–Crippen MR) is 87.2 cm³/mol. The van der Waals surface area contributed by atoms with Gasteiger partial charge in [0.15, 0.2) is 0 Å². The maximum Gasteiger partial charge on any atom is 0.321 e. The minimum Gasteiger partial charge on any atom is -0.486 e. The number of nitrogens with zero attached hydrogens (tertiary/aromatic N) is 1. The smallest absolute Gasteiger partial charge is 0.321 e. The van der Waals surface area contributed by atoms with E-state index in [9.17, 15) is 9.90 Å². The Morgan fingerprint density at radius 2 is 2.05 bits per heavy atom. The summed E-state index contributed by atoms with van der Waals surface area (Å²) in [5.74, 6) is 0.992. The van der Waals surface area contributed by atoms with Gasteiger partial charge in [-0.2, -0.15) is 0 Å². The van der Waals surface area contributed by atoms with Crippen molar-refractivity contribution in [1.82, 2.24) is 4.90 Å². The fourth-order valence-electron chi connectivity index (χ4n) is 2.19. The van der Waals surface area contributed by atoms with Crippen molar-refractivity contribution in [3.8, 4) is 5.75 Å². The van der Waals surface area contributed by atoms with Crippen LogP contribution in [0.4, 0.5) is 10.5 Å². The number of urea groups is 1. The van der Waals surface area contributed by atoms with Gasteiger partial charge in [-0.25, -0.2) is 4.79 Å². The third kappa shape index (κ3) is 4.91. The number of anilines is 1. The van der Waals surface area contributed by atoms with Crippen molar-refractivity contribution in [2.75, 3.05) is 18.9 Å². The van der Waals surface area contributed by atoms with Crippen molar-refractivity contribution < 1.29 is 14.6 Å². The third-order valence-corrected chi connectivity index (χ3v) is 3.52. The molecule has 2 amide bonds. The average molecular weight is 306 g/mol. The maximum atomic E-state index is 12.3. The van der Waals surface area contributed by atoms with Gasteiger partial charge in [0.2, 0.25) is 0 Å². The number of hydrogen-bond donors (Lipinski definition) is 2. The van der Waals surface area contributed by atoms with Crippen LogP contribution in [0.1, 0.15) is 33.6 Å². The third-order valence-electron chi connectivity index (χ3n) is 3.52.